The molecule has 0 aliphatic heterocycles. The van der Waals surface area contributed by atoms with Gasteiger partial charge in [-0.2, -0.15) is 0 Å². The Labute approximate surface area is 204 Å². The first-order valence-corrected chi connectivity index (χ1v) is 12.1. The van der Waals surface area contributed by atoms with E-state index in [0.29, 0.717) is 12.0 Å². The Bertz CT molecular complexity index is 1030. The minimum Gasteiger partial charge on any atom is -0.462 e. The Kier molecular flexibility index (Phi) is 5.82. The van der Waals surface area contributed by atoms with Gasteiger partial charge in [-0.3, -0.25) is 24.0 Å². The highest BCUT2D eigenvalue weighted by atomic mass is 16.6. The third-order valence-corrected chi connectivity index (χ3v) is 8.99. The van der Waals surface area contributed by atoms with E-state index in [0.717, 1.165) is 0 Å². The number of hydrogen-bond donors (Lipinski definition) is 1. The lowest BCUT2D eigenvalue weighted by Gasteiger charge is -2.66. The van der Waals surface area contributed by atoms with Gasteiger partial charge in [-0.05, 0) is 36.2 Å². The second kappa shape index (κ2) is 7.98. The maximum Gasteiger partial charge on any atom is 0.303 e. The molecule has 192 valence electrons. The summed E-state index contributed by atoms with van der Waals surface area (Å²) in [6, 6.07) is 0. The number of aliphatic hydroxyl groups excluding tert-OH is 1. The van der Waals surface area contributed by atoms with Crippen molar-refractivity contribution in [3.05, 3.63) is 12.2 Å². The van der Waals surface area contributed by atoms with Crippen molar-refractivity contribution < 1.29 is 43.3 Å². The van der Waals surface area contributed by atoms with Gasteiger partial charge in [-0.25, -0.2) is 0 Å². The number of carbonyl (C=O) groups is 5. The molecule has 1 spiro atoms. The molecule has 0 aromatic carbocycles. The molecule has 4 rings (SSSR count). The van der Waals surface area contributed by atoms with Crippen molar-refractivity contribution in [2.75, 3.05) is 0 Å². The fourth-order valence-corrected chi connectivity index (χ4v) is 8.41. The number of fused-ring (bicyclic) bond motifs is 3. The average molecular weight is 491 g/mol. The maximum absolute atomic E-state index is 14.3. The summed E-state index contributed by atoms with van der Waals surface area (Å²) in [6.07, 6.45) is -3.63. The van der Waals surface area contributed by atoms with Gasteiger partial charge in [0.2, 0.25) is 0 Å². The van der Waals surface area contributed by atoms with Crippen LogP contribution >= 0.6 is 0 Å². The van der Waals surface area contributed by atoms with Crippen LogP contribution in [0.4, 0.5) is 0 Å². The SMILES string of the molecule is C=C1C(=O)C23CC1CC(OC(C)=O)C2C1(C)CC(O)C(OC(C)=O)C(C)(C)C1C(=O)C3OC(C)=O. The van der Waals surface area contributed by atoms with Crippen molar-refractivity contribution in [2.45, 2.75) is 85.2 Å². The first-order chi connectivity index (χ1) is 16.1. The maximum atomic E-state index is 14.3. The number of esters is 3. The van der Waals surface area contributed by atoms with Crippen LogP contribution in [-0.2, 0) is 38.2 Å². The van der Waals surface area contributed by atoms with Crippen LogP contribution in [0.25, 0.3) is 0 Å². The number of ether oxygens (including phenoxy) is 3. The van der Waals surface area contributed by atoms with Crippen LogP contribution in [-0.4, -0.2) is 59.0 Å². The lowest BCUT2D eigenvalue weighted by atomic mass is 9.38. The minimum atomic E-state index is -1.45. The number of hydrogen-bond acceptors (Lipinski definition) is 9. The van der Waals surface area contributed by atoms with Crippen molar-refractivity contribution in [2.24, 2.45) is 34.0 Å². The molecule has 4 fully saturated rings. The summed E-state index contributed by atoms with van der Waals surface area (Å²) < 4.78 is 16.9. The molecule has 9 nitrogen and oxygen atoms in total. The highest BCUT2D eigenvalue weighted by Gasteiger charge is 2.78. The minimum absolute atomic E-state index is 0.0339. The van der Waals surface area contributed by atoms with Gasteiger partial charge in [0.05, 0.1) is 11.5 Å². The summed E-state index contributed by atoms with van der Waals surface area (Å²) in [4.78, 5) is 64.4. The molecule has 0 aromatic rings. The van der Waals surface area contributed by atoms with Crippen molar-refractivity contribution in [1.29, 1.82) is 0 Å². The van der Waals surface area contributed by atoms with Crippen LogP contribution < -0.4 is 0 Å². The van der Waals surface area contributed by atoms with E-state index in [1.165, 1.54) is 20.8 Å². The van der Waals surface area contributed by atoms with Crippen molar-refractivity contribution in [1.82, 2.24) is 0 Å². The number of aliphatic hydroxyl groups is 1. The van der Waals surface area contributed by atoms with Crippen LogP contribution in [0, 0.1) is 34.0 Å². The first-order valence-electron chi connectivity index (χ1n) is 12.1. The molecular weight excluding hydrogens is 456 g/mol. The lowest BCUT2D eigenvalue weighted by Crippen LogP contribution is -2.74. The van der Waals surface area contributed by atoms with E-state index in [1.54, 1.807) is 13.8 Å². The number of Topliss-reactive ketones (excluding diaryl/α,β-unsaturated/α-hetero) is 2. The fourth-order valence-electron chi connectivity index (χ4n) is 8.41. The molecule has 35 heavy (non-hydrogen) atoms. The topological polar surface area (TPSA) is 133 Å². The molecule has 0 amide bonds. The quantitative estimate of drug-likeness (QED) is 0.358. The molecule has 0 saturated heterocycles. The van der Waals surface area contributed by atoms with Crippen molar-refractivity contribution in [3.8, 4) is 0 Å². The van der Waals surface area contributed by atoms with Crippen molar-refractivity contribution in [3.63, 3.8) is 0 Å². The molecule has 4 saturated carbocycles. The standard InChI is InChI=1S/C26H34O9/c1-11-15-8-17(33-12(2)27)19-25(7)10-16(30)22(34-13(3)28)24(5,6)20(25)18(31)23(35-14(4)29)26(19,9-15)21(11)32/h15-17,19-20,22-23,30H,1,8-10H2,2-7H3. The summed E-state index contributed by atoms with van der Waals surface area (Å²) >= 11 is 0. The van der Waals surface area contributed by atoms with E-state index >= 15 is 0 Å². The molecule has 9 unspecified atom stereocenters. The second-order valence-electron chi connectivity index (χ2n) is 11.6. The van der Waals surface area contributed by atoms with Gasteiger partial charge in [0.25, 0.3) is 0 Å². The zero-order chi connectivity index (χ0) is 26.2. The van der Waals surface area contributed by atoms with E-state index in [-0.39, 0.29) is 24.5 Å². The molecule has 1 N–H and O–H groups in total. The highest BCUT2D eigenvalue weighted by molar-refractivity contribution is 6.08. The zero-order valence-electron chi connectivity index (χ0n) is 21.1. The van der Waals surface area contributed by atoms with Gasteiger partial charge in [0.1, 0.15) is 12.2 Å². The molecule has 2 bridgehead atoms. The van der Waals surface area contributed by atoms with E-state index in [9.17, 15) is 29.1 Å². The van der Waals surface area contributed by atoms with Gasteiger partial charge in [-0.1, -0.05) is 27.4 Å². The normalized spacial score (nSPS) is 43.6. The number of ketones is 2. The molecule has 9 atom stereocenters. The monoisotopic (exact) mass is 490 g/mol. The van der Waals surface area contributed by atoms with Gasteiger partial charge < -0.3 is 19.3 Å². The number of rotatable bonds is 3. The lowest BCUT2D eigenvalue weighted by molar-refractivity contribution is -0.253. The van der Waals surface area contributed by atoms with Crippen molar-refractivity contribution >= 4 is 29.5 Å². The summed E-state index contributed by atoms with van der Waals surface area (Å²) in [5.41, 5.74) is -3.22. The van der Waals surface area contributed by atoms with E-state index in [2.05, 4.69) is 6.58 Å². The largest absolute Gasteiger partial charge is 0.462 e. The van der Waals surface area contributed by atoms with Gasteiger partial charge in [0.15, 0.2) is 17.7 Å². The predicted octanol–water partition coefficient (Wildman–Crippen LogP) is 1.93. The van der Waals surface area contributed by atoms with Crippen LogP contribution in [0.2, 0.25) is 0 Å². The summed E-state index contributed by atoms with van der Waals surface area (Å²) in [5, 5.41) is 11.2. The Morgan fingerprint density at radius 2 is 1.51 bits per heavy atom. The summed E-state index contributed by atoms with van der Waals surface area (Å²) in [6.45, 7) is 13.0. The summed E-state index contributed by atoms with van der Waals surface area (Å²) in [7, 11) is 0. The average Bonchev–Trinajstić information content (AvgIpc) is 2.88. The number of allylic oxidation sites excluding steroid dienone is 1. The summed E-state index contributed by atoms with van der Waals surface area (Å²) in [5.74, 6) is -4.53. The van der Waals surface area contributed by atoms with Gasteiger partial charge in [-0.15, -0.1) is 0 Å². The molecule has 0 heterocycles. The van der Waals surface area contributed by atoms with E-state index in [1.807, 2.05) is 6.92 Å². The van der Waals surface area contributed by atoms with E-state index < -0.39 is 76.2 Å². The Morgan fingerprint density at radius 1 is 0.943 bits per heavy atom. The molecule has 0 radical (unpaired) electrons. The van der Waals surface area contributed by atoms with E-state index in [4.69, 9.17) is 14.2 Å². The van der Waals surface area contributed by atoms with Crippen LogP contribution in [0.1, 0.15) is 60.8 Å². The van der Waals surface area contributed by atoms with Gasteiger partial charge >= 0.3 is 17.9 Å². The molecule has 4 aliphatic carbocycles. The Balaban J connectivity index is 1.97. The zero-order valence-corrected chi connectivity index (χ0v) is 21.1. The molecule has 4 aliphatic rings. The third kappa shape index (κ3) is 3.41. The fraction of sp³-hybridized carbons (Fsp3) is 0.731. The molecule has 0 aromatic heterocycles. The highest BCUT2D eigenvalue weighted by Crippen LogP contribution is 2.71. The van der Waals surface area contributed by atoms with Gasteiger partial charge in [0, 0.05) is 38.0 Å². The van der Waals surface area contributed by atoms with Crippen LogP contribution in [0.3, 0.4) is 0 Å². The smallest absolute Gasteiger partial charge is 0.303 e. The third-order valence-electron chi connectivity index (χ3n) is 8.99. The van der Waals surface area contributed by atoms with Crippen LogP contribution in [0.5, 0.6) is 0 Å². The second-order valence-corrected chi connectivity index (χ2v) is 11.6. The Hall–Kier alpha value is -2.55. The predicted molar refractivity (Wildman–Crippen MR) is 120 cm³/mol. The number of carbonyl (C=O) groups excluding carboxylic acids is 5. The molecular formula is C26H34O9. The van der Waals surface area contributed by atoms with Crippen LogP contribution in [0.15, 0.2) is 12.2 Å². The first kappa shape index (κ1) is 25.5. The Morgan fingerprint density at radius 3 is 2.06 bits per heavy atom. The molecule has 9 heteroatoms.